The molecule has 0 fully saturated rings. The highest BCUT2D eigenvalue weighted by atomic mass is 79.9. The Labute approximate surface area is 176 Å². The molecule has 0 saturated carbocycles. The highest BCUT2D eigenvalue weighted by molar-refractivity contribution is 8.93. The van der Waals surface area contributed by atoms with E-state index in [2.05, 4.69) is 73.6 Å². The highest BCUT2D eigenvalue weighted by Gasteiger charge is 2.43. The van der Waals surface area contributed by atoms with Crippen LogP contribution in [-0.4, -0.2) is 28.3 Å². The minimum absolute atomic E-state index is 0. The van der Waals surface area contributed by atoms with Crippen LogP contribution >= 0.6 is 17.0 Å². The number of halogens is 1. The van der Waals surface area contributed by atoms with Crippen LogP contribution in [0.15, 0.2) is 54.6 Å². The lowest BCUT2D eigenvalue weighted by molar-refractivity contribution is 0.405. The highest BCUT2D eigenvalue weighted by Crippen LogP contribution is 2.58. The Balaban J connectivity index is 0.00000192. The molecule has 2 unspecified atom stereocenters. The average molecular weight is 438 g/mol. The van der Waals surface area contributed by atoms with Gasteiger partial charge in [-0.05, 0) is 46.0 Å². The number of hydrogen-bond acceptors (Lipinski definition) is 3. The van der Waals surface area contributed by atoms with E-state index in [0.29, 0.717) is 0 Å². The summed E-state index contributed by atoms with van der Waals surface area (Å²) in [5.41, 5.74) is 9.33. The Morgan fingerprint density at radius 2 is 1.39 bits per heavy atom. The number of hydrogen-bond donors (Lipinski definition) is 0. The third-order valence-electron chi connectivity index (χ3n) is 6.03. The van der Waals surface area contributed by atoms with Gasteiger partial charge in [0.15, 0.2) is 0 Å². The molecule has 2 bridgehead atoms. The van der Waals surface area contributed by atoms with Gasteiger partial charge in [-0.3, -0.25) is 0 Å². The van der Waals surface area contributed by atoms with Crippen LogP contribution in [0.1, 0.15) is 45.2 Å². The Morgan fingerprint density at radius 1 is 0.714 bits per heavy atom. The number of rotatable bonds is 3. The predicted molar refractivity (Wildman–Crippen MR) is 119 cm³/mol. The maximum atomic E-state index is 5.88. The molecule has 28 heavy (non-hydrogen) atoms. The van der Waals surface area contributed by atoms with Gasteiger partial charge >= 0.3 is 0 Å². The Kier molecular flexibility index (Phi) is 4.62. The fourth-order valence-electron chi connectivity index (χ4n) is 4.82. The zero-order chi connectivity index (χ0) is 18.7. The Bertz CT molecular complexity index is 1060. The normalized spacial score (nSPS) is 17.7. The summed E-state index contributed by atoms with van der Waals surface area (Å²) >= 11 is 0. The fourth-order valence-corrected chi connectivity index (χ4v) is 4.82. The van der Waals surface area contributed by atoms with E-state index in [1.165, 1.54) is 39.1 Å². The molecule has 0 saturated heterocycles. The maximum Gasteiger partial charge on any atom is 0.125 e. The summed E-state index contributed by atoms with van der Waals surface area (Å²) in [5, 5.41) is 0. The van der Waals surface area contributed by atoms with Crippen molar-refractivity contribution in [3.8, 4) is 11.5 Å². The van der Waals surface area contributed by atoms with Crippen molar-refractivity contribution < 1.29 is 9.47 Å². The van der Waals surface area contributed by atoms with E-state index in [-0.39, 0.29) is 28.8 Å². The topological polar surface area (TPSA) is 21.7 Å². The summed E-state index contributed by atoms with van der Waals surface area (Å²) in [6, 6.07) is 19.8. The van der Waals surface area contributed by atoms with Crippen molar-refractivity contribution in [2.75, 3.05) is 33.2 Å². The van der Waals surface area contributed by atoms with E-state index < -0.39 is 0 Å². The van der Waals surface area contributed by atoms with Crippen molar-refractivity contribution in [2.24, 2.45) is 0 Å². The molecule has 0 radical (unpaired) electrons. The van der Waals surface area contributed by atoms with Gasteiger partial charge in [0.2, 0.25) is 0 Å². The van der Waals surface area contributed by atoms with Crippen molar-refractivity contribution in [2.45, 2.75) is 11.8 Å². The molecule has 3 aromatic carbocycles. The molecule has 0 aromatic heterocycles. The van der Waals surface area contributed by atoms with Crippen LogP contribution in [-0.2, 0) is 0 Å². The van der Waals surface area contributed by atoms with E-state index >= 15 is 0 Å². The smallest absolute Gasteiger partial charge is 0.125 e. The van der Waals surface area contributed by atoms with Crippen molar-refractivity contribution in [3.63, 3.8) is 0 Å². The van der Waals surface area contributed by atoms with Crippen LogP contribution in [0.25, 0.3) is 0 Å². The lowest BCUT2D eigenvalue weighted by Gasteiger charge is -2.43. The fraction of sp³-hybridized carbons (Fsp3) is 0.250. The van der Waals surface area contributed by atoms with Crippen LogP contribution in [0.5, 0.6) is 11.5 Å². The van der Waals surface area contributed by atoms with Gasteiger partial charge in [-0.25, -0.2) is 0 Å². The Morgan fingerprint density at radius 3 is 2.04 bits per heavy atom. The zero-order valence-corrected chi connectivity index (χ0v) is 18.2. The van der Waals surface area contributed by atoms with Gasteiger partial charge in [0.1, 0.15) is 11.5 Å². The van der Waals surface area contributed by atoms with Crippen molar-refractivity contribution >= 4 is 22.7 Å². The van der Waals surface area contributed by atoms with E-state index in [1.54, 1.807) is 14.2 Å². The molecular formula is C24H24BrNO2. The quantitative estimate of drug-likeness (QED) is 0.380. The third-order valence-corrected chi connectivity index (χ3v) is 6.03. The molecule has 4 heteroatoms. The number of methoxy groups -OCH3 is 2. The van der Waals surface area contributed by atoms with Crippen molar-refractivity contribution in [1.29, 1.82) is 0 Å². The Hall–Kier alpha value is -2.46. The molecule has 0 amide bonds. The first-order valence-corrected chi connectivity index (χ1v) is 9.29. The van der Waals surface area contributed by atoms with Gasteiger partial charge in [-0.2, -0.15) is 0 Å². The third kappa shape index (κ3) is 2.47. The van der Waals surface area contributed by atoms with E-state index in [1.807, 2.05) is 0 Å². The van der Waals surface area contributed by atoms with Crippen LogP contribution < -0.4 is 14.4 Å². The first kappa shape index (κ1) is 18.9. The summed E-state index contributed by atoms with van der Waals surface area (Å²) in [4.78, 5) is 2.14. The van der Waals surface area contributed by atoms with Crippen LogP contribution in [0, 0.1) is 0 Å². The van der Waals surface area contributed by atoms with Crippen LogP contribution in [0.2, 0.25) is 0 Å². The van der Waals surface area contributed by atoms with Gasteiger partial charge in [0.25, 0.3) is 0 Å². The first-order chi connectivity index (χ1) is 13.1. The second-order valence-electron chi connectivity index (χ2n) is 7.54. The molecule has 3 aliphatic carbocycles. The number of benzene rings is 3. The lowest BCUT2D eigenvalue weighted by atomic mass is 9.61. The van der Waals surface area contributed by atoms with E-state index in [4.69, 9.17) is 9.47 Å². The molecule has 3 aliphatic rings. The molecule has 3 nitrogen and oxygen atoms in total. The van der Waals surface area contributed by atoms with E-state index in [9.17, 15) is 0 Å². The molecule has 6 rings (SSSR count). The van der Waals surface area contributed by atoms with Gasteiger partial charge in [-0.1, -0.05) is 30.3 Å². The number of ether oxygens (including phenoxy) is 2. The molecule has 2 atom stereocenters. The summed E-state index contributed by atoms with van der Waals surface area (Å²) in [5.74, 6) is 2.30. The minimum Gasteiger partial charge on any atom is -0.497 e. The minimum atomic E-state index is 0. The average Bonchev–Trinajstić information content (AvgIpc) is 2.71. The predicted octanol–water partition coefficient (Wildman–Crippen LogP) is 5.33. The molecular weight excluding hydrogens is 414 g/mol. The second kappa shape index (κ2) is 6.85. The number of anilines is 1. The largest absolute Gasteiger partial charge is 0.497 e. The molecule has 0 N–H and O–H groups in total. The summed E-state index contributed by atoms with van der Waals surface area (Å²) in [7, 11) is 7.66. The molecule has 3 aromatic rings. The summed E-state index contributed by atoms with van der Waals surface area (Å²) < 4.78 is 11.4. The molecule has 144 valence electrons. The van der Waals surface area contributed by atoms with Gasteiger partial charge in [0.05, 0.1) is 14.2 Å². The molecule has 0 heterocycles. The standard InChI is InChI=1S/C24H23NO2.BrH/c1-25(2)14-11-20-22-16-7-5-6-8-17(16)23(24(20)21(12-14)27-4)18-10-9-15(26-3)13-19(18)22;/h5-13,22-23H,1-4H3;1H. The second-order valence-corrected chi connectivity index (χ2v) is 7.54. The van der Waals surface area contributed by atoms with Crippen molar-refractivity contribution in [1.82, 2.24) is 0 Å². The van der Waals surface area contributed by atoms with Gasteiger partial charge in [-0.15, -0.1) is 17.0 Å². The van der Waals surface area contributed by atoms with Gasteiger partial charge in [0, 0.05) is 43.2 Å². The zero-order valence-electron chi connectivity index (χ0n) is 16.5. The number of nitrogens with zero attached hydrogens (tertiary/aromatic N) is 1. The van der Waals surface area contributed by atoms with Gasteiger partial charge < -0.3 is 14.4 Å². The summed E-state index contributed by atoms with van der Waals surface area (Å²) in [6.45, 7) is 0. The van der Waals surface area contributed by atoms with Crippen LogP contribution in [0.3, 0.4) is 0 Å². The van der Waals surface area contributed by atoms with E-state index in [0.717, 1.165) is 11.5 Å². The van der Waals surface area contributed by atoms with Crippen molar-refractivity contribution in [3.05, 3.63) is 88.0 Å². The SMILES string of the molecule is Br.COc1ccc2c(c1)C1c3ccccc3C2c2c(OC)cc(N(C)C)cc21. The first-order valence-electron chi connectivity index (χ1n) is 9.29. The monoisotopic (exact) mass is 437 g/mol. The maximum absolute atomic E-state index is 5.88. The lowest BCUT2D eigenvalue weighted by Crippen LogP contribution is -2.28. The molecule has 0 aliphatic heterocycles. The summed E-state index contributed by atoms with van der Waals surface area (Å²) in [6.07, 6.45) is 0. The van der Waals surface area contributed by atoms with Crippen LogP contribution in [0.4, 0.5) is 5.69 Å². The molecule has 0 spiro atoms.